The first-order valence-corrected chi connectivity index (χ1v) is 7.04. The Kier molecular flexibility index (Phi) is 2.57. The number of aromatic carboxylic acids is 1. The summed E-state index contributed by atoms with van der Waals surface area (Å²) >= 11 is 0. The Bertz CT molecular complexity index is 1090. The molecule has 0 amide bonds. The standard InChI is InChI=1S/C16H13N5O2/c1-16(20-11-4-2-3-9(17)13(11)21-16)15-18-10-6-5-8(14(22)23)7-12(10)19-15/h2-7H,17H2,1H3,(H,18,19)(H,22,23). The molecule has 0 spiro atoms. The zero-order chi connectivity index (χ0) is 16.2. The highest BCUT2D eigenvalue weighted by Gasteiger charge is 2.31. The fraction of sp³-hybridized carbons (Fsp3) is 0.125. The number of nitrogens with one attached hydrogen (secondary N) is 1. The second-order valence-electron chi connectivity index (χ2n) is 5.58. The summed E-state index contributed by atoms with van der Waals surface area (Å²) in [5, 5.41) is 10.5. The van der Waals surface area contributed by atoms with Crippen LogP contribution in [-0.4, -0.2) is 21.0 Å². The van der Waals surface area contributed by atoms with E-state index >= 15 is 0 Å². The van der Waals surface area contributed by atoms with Crippen LogP contribution >= 0.6 is 0 Å². The molecule has 2 heterocycles. The third-order valence-corrected chi connectivity index (χ3v) is 3.89. The van der Waals surface area contributed by atoms with Gasteiger partial charge in [-0.1, -0.05) is 6.07 Å². The number of benzene rings is 2. The van der Waals surface area contributed by atoms with Crippen LogP contribution in [-0.2, 0) is 5.66 Å². The molecule has 7 nitrogen and oxygen atoms in total. The van der Waals surface area contributed by atoms with Crippen LogP contribution in [0, 0.1) is 0 Å². The molecule has 1 aliphatic rings. The zero-order valence-electron chi connectivity index (χ0n) is 12.2. The lowest BCUT2D eigenvalue weighted by atomic mass is 10.2. The Hall–Kier alpha value is -3.22. The van der Waals surface area contributed by atoms with Gasteiger partial charge in [-0.3, -0.25) is 0 Å². The molecule has 4 rings (SSSR count). The lowest BCUT2D eigenvalue weighted by Gasteiger charge is -2.13. The number of aromatic nitrogens is 2. The molecule has 1 atom stereocenters. The minimum atomic E-state index is -0.982. The van der Waals surface area contributed by atoms with E-state index in [2.05, 4.69) is 20.0 Å². The molecule has 1 unspecified atom stereocenters. The van der Waals surface area contributed by atoms with Crippen LogP contribution in [0.1, 0.15) is 23.1 Å². The van der Waals surface area contributed by atoms with Crippen LogP contribution in [0.5, 0.6) is 0 Å². The smallest absolute Gasteiger partial charge is 0.335 e. The first-order valence-electron chi connectivity index (χ1n) is 7.04. The summed E-state index contributed by atoms with van der Waals surface area (Å²) in [5.74, 6) is -0.435. The summed E-state index contributed by atoms with van der Waals surface area (Å²) in [4.78, 5) is 27.9. The summed E-state index contributed by atoms with van der Waals surface area (Å²) in [6, 6.07) is 10.2. The van der Waals surface area contributed by atoms with Crippen LogP contribution in [0.25, 0.3) is 11.0 Å². The molecule has 0 bridgehead atoms. The summed E-state index contributed by atoms with van der Waals surface area (Å²) in [5.41, 5.74) is 7.12. The van der Waals surface area contributed by atoms with E-state index in [9.17, 15) is 4.79 Å². The normalized spacial score (nSPS) is 19.2. The van der Waals surface area contributed by atoms with Crippen molar-refractivity contribution in [2.24, 2.45) is 9.98 Å². The number of anilines is 1. The number of H-pyrrole nitrogens is 1. The van der Waals surface area contributed by atoms with Crippen molar-refractivity contribution in [2.75, 3.05) is 5.73 Å². The highest BCUT2D eigenvalue weighted by Crippen LogP contribution is 2.27. The molecule has 3 aromatic rings. The third-order valence-electron chi connectivity index (χ3n) is 3.89. The lowest BCUT2D eigenvalue weighted by molar-refractivity contribution is 0.0697. The monoisotopic (exact) mass is 307 g/mol. The molecule has 23 heavy (non-hydrogen) atoms. The lowest BCUT2D eigenvalue weighted by Crippen LogP contribution is -2.24. The molecule has 0 fully saturated rings. The second-order valence-corrected chi connectivity index (χ2v) is 5.58. The number of fused-ring (bicyclic) bond motifs is 2. The molecule has 1 aromatic heterocycles. The molecule has 4 N–H and O–H groups in total. The van der Waals surface area contributed by atoms with Gasteiger partial charge in [-0.05, 0) is 37.3 Å². The van der Waals surface area contributed by atoms with Gasteiger partial charge in [0.05, 0.1) is 27.6 Å². The number of nitrogen functional groups attached to an aromatic ring is 1. The van der Waals surface area contributed by atoms with E-state index in [-0.39, 0.29) is 5.56 Å². The molecular weight excluding hydrogens is 294 g/mol. The van der Waals surface area contributed by atoms with Crippen molar-refractivity contribution in [1.82, 2.24) is 9.97 Å². The van der Waals surface area contributed by atoms with Gasteiger partial charge < -0.3 is 15.8 Å². The SMILES string of the molecule is CC1(c2nc3ccc(C(=O)O)cc3[nH]2)N=c2cccc(N)c2=N1. The number of imidazole rings is 1. The summed E-state index contributed by atoms with van der Waals surface area (Å²) in [6.45, 7) is 1.84. The predicted octanol–water partition coefficient (Wildman–Crippen LogP) is 0.969. The maximum atomic E-state index is 11.1. The van der Waals surface area contributed by atoms with E-state index < -0.39 is 11.6 Å². The van der Waals surface area contributed by atoms with E-state index in [4.69, 9.17) is 10.8 Å². The molecular formula is C16H13N5O2. The average molecular weight is 307 g/mol. The molecule has 7 heteroatoms. The number of carboxylic acids is 1. The number of carbonyl (C=O) groups is 1. The minimum Gasteiger partial charge on any atom is -0.478 e. The van der Waals surface area contributed by atoms with Gasteiger partial charge in [0, 0.05) is 0 Å². The Labute approximate surface area is 130 Å². The number of hydrogen-bond donors (Lipinski definition) is 3. The molecule has 0 radical (unpaired) electrons. The maximum absolute atomic E-state index is 11.1. The topological polar surface area (TPSA) is 117 Å². The maximum Gasteiger partial charge on any atom is 0.335 e. The van der Waals surface area contributed by atoms with Crippen LogP contribution in [0.2, 0.25) is 0 Å². The van der Waals surface area contributed by atoms with Gasteiger partial charge in [0.1, 0.15) is 5.36 Å². The van der Waals surface area contributed by atoms with Gasteiger partial charge in [0.15, 0.2) is 5.82 Å². The van der Waals surface area contributed by atoms with Crippen molar-refractivity contribution >= 4 is 22.7 Å². The summed E-state index contributed by atoms with van der Waals surface area (Å²) in [6.07, 6.45) is 0. The Morgan fingerprint density at radius 3 is 2.83 bits per heavy atom. The van der Waals surface area contributed by atoms with E-state index in [1.165, 1.54) is 6.07 Å². The van der Waals surface area contributed by atoms with E-state index in [0.29, 0.717) is 27.9 Å². The highest BCUT2D eigenvalue weighted by atomic mass is 16.4. The summed E-state index contributed by atoms with van der Waals surface area (Å²) < 4.78 is 0. The van der Waals surface area contributed by atoms with E-state index in [1.807, 2.05) is 19.1 Å². The quantitative estimate of drug-likeness (QED) is 0.611. The molecule has 0 saturated heterocycles. The van der Waals surface area contributed by atoms with Gasteiger partial charge >= 0.3 is 5.97 Å². The fourth-order valence-corrected chi connectivity index (χ4v) is 2.71. The van der Waals surface area contributed by atoms with Crippen molar-refractivity contribution in [1.29, 1.82) is 0 Å². The van der Waals surface area contributed by atoms with Crippen molar-refractivity contribution in [2.45, 2.75) is 12.6 Å². The number of para-hydroxylation sites is 1. The number of nitrogens with two attached hydrogens (primary N) is 1. The minimum absolute atomic E-state index is 0.200. The molecule has 2 aromatic carbocycles. The van der Waals surface area contributed by atoms with Crippen molar-refractivity contribution < 1.29 is 9.90 Å². The van der Waals surface area contributed by atoms with Crippen molar-refractivity contribution in [3.63, 3.8) is 0 Å². The Morgan fingerprint density at radius 2 is 2.09 bits per heavy atom. The molecule has 1 aliphatic heterocycles. The van der Waals surface area contributed by atoms with E-state index in [0.717, 1.165) is 5.36 Å². The van der Waals surface area contributed by atoms with Crippen LogP contribution < -0.4 is 16.4 Å². The van der Waals surface area contributed by atoms with Gasteiger partial charge in [-0.25, -0.2) is 19.8 Å². The van der Waals surface area contributed by atoms with Gasteiger partial charge in [0.25, 0.3) is 0 Å². The van der Waals surface area contributed by atoms with Crippen molar-refractivity contribution in [3.8, 4) is 0 Å². The molecule has 0 saturated carbocycles. The number of carboxylic acid groups (broad SMARTS) is 1. The zero-order valence-corrected chi connectivity index (χ0v) is 12.2. The second kappa shape index (κ2) is 4.39. The molecule has 0 aliphatic carbocycles. The average Bonchev–Trinajstić information content (AvgIpc) is 3.08. The van der Waals surface area contributed by atoms with Gasteiger partial charge in [0.2, 0.25) is 5.66 Å². The number of rotatable bonds is 2. The van der Waals surface area contributed by atoms with E-state index in [1.54, 1.807) is 18.2 Å². The van der Waals surface area contributed by atoms with Crippen LogP contribution in [0.3, 0.4) is 0 Å². The molecule has 114 valence electrons. The Balaban J connectivity index is 1.90. The number of aromatic amines is 1. The predicted molar refractivity (Wildman–Crippen MR) is 83.6 cm³/mol. The number of nitrogens with zero attached hydrogens (tertiary/aromatic N) is 3. The van der Waals surface area contributed by atoms with Gasteiger partial charge in [-0.15, -0.1) is 0 Å². The number of hydrogen-bond acceptors (Lipinski definition) is 5. The van der Waals surface area contributed by atoms with Gasteiger partial charge in [-0.2, -0.15) is 0 Å². The van der Waals surface area contributed by atoms with Crippen molar-refractivity contribution in [3.05, 3.63) is 58.5 Å². The first-order chi connectivity index (χ1) is 11.0. The Morgan fingerprint density at radius 1 is 1.26 bits per heavy atom. The highest BCUT2D eigenvalue weighted by molar-refractivity contribution is 5.92. The fourth-order valence-electron chi connectivity index (χ4n) is 2.71. The third kappa shape index (κ3) is 1.97. The van der Waals surface area contributed by atoms with Crippen LogP contribution in [0.4, 0.5) is 5.69 Å². The summed E-state index contributed by atoms with van der Waals surface area (Å²) in [7, 11) is 0. The first kappa shape index (κ1) is 13.4. The van der Waals surface area contributed by atoms with Crippen LogP contribution in [0.15, 0.2) is 46.4 Å². The largest absolute Gasteiger partial charge is 0.478 e.